The number of ether oxygens (including phenoxy) is 1. The minimum Gasteiger partial charge on any atom is -0.445 e. The quantitative estimate of drug-likeness (QED) is 0.849. The Morgan fingerprint density at radius 2 is 2.00 bits per heavy atom. The van der Waals surface area contributed by atoms with Crippen molar-refractivity contribution in [1.29, 1.82) is 0 Å². The van der Waals surface area contributed by atoms with Crippen molar-refractivity contribution in [2.75, 3.05) is 26.0 Å². The molecule has 0 radical (unpaired) electrons. The van der Waals surface area contributed by atoms with E-state index in [4.69, 9.17) is 4.74 Å². The van der Waals surface area contributed by atoms with Gasteiger partial charge in [0, 0.05) is 12.2 Å². The van der Waals surface area contributed by atoms with Crippen LogP contribution in [0.5, 0.6) is 0 Å². The van der Waals surface area contributed by atoms with Gasteiger partial charge in [-0.05, 0) is 33.2 Å². The number of hydrogen-bond acceptors (Lipinski definition) is 3. The fraction of sp³-hybridized carbons (Fsp3) is 0.417. The van der Waals surface area contributed by atoms with E-state index in [1.165, 1.54) is 0 Å². The van der Waals surface area contributed by atoms with Gasteiger partial charge in [-0.1, -0.05) is 18.2 Å². The molecule has 0 spiro atoms. The molecule has 1 amide bonds. The van der Waals surface area contributed by atoms with E-state index >= 15 is 0 Å². The lowest BCUT2D eigenvalue weighted by Gasteiger charge is -2.17. The van der Waals surface area contributed by atoms with Gasteiger partial charge in [0.15, 0.2) is 0 Å². The predicted octanol–water partition coefficient (Wildman–Crippen LogP) is 2.19. The van der Waals surface area contributed by atoms with Gasteiger partial charge in [-0.15, -0.1) is 0 Å². The molecule has 0 saturated heterocycles. The van der Waals surface area contributed by atoms with Crippen LogP contribution < -0.4 is 5.32 Å². The van der Waals surface area contributed by atoms with Gasteiger partial charge in [0.2, 0.25) is 0 Å². The molecule has 1 atom stereocenters. The van der Waals surface area contributed by atoms with E-state index in [0.717, 1.165) is 5.69 Å². The van der Waals surface area contributed by atoms with E-state index in [0.29, 0.717) is 6.54 Å². The van der Waals surface area contributed by atoms with E-state index in [-0.39, 0.29) is 6.10 Å². The van der Waals surface area contributed by atoms with Crippen LogP contribution in [0.15, 0.2) is 30.3 Å². The van der Waals surface area contributed by atoms with Gasteiger partial charge in [0.1, 0.15) is 6.10 Å². The number of carbonyl (C=O) groups is 1. The highest BCUT2D eigenvalue weighted by Gasteiger charge is 2.09. The molecule has 0 saturated carbocycles. The third kappa shape index (κ3) is 4.79. The molecule has 0 aliphatic heterocycles. The molecule has 4 nitrogen and oxygen atoms in total. The lowest BCUT2D eigenvalue weighted by atomic mass is 10.3. The number of carbonyl (C=O) groups excluding carboxylic acids is 1. The molecule has 4 heteroatoms. The summed E-state index contributed by atoms with van der Waals surface area (Å²) in [5.74, 6) is 0. The van der Waals surface area contributed by atoms with Crippen LogP contribution in [0.25, 0.3) is 0 Å². The first-order valence-electron chi connectivity index (χ1n) is 5.25. The topological polar surface area (TPSA) is 41.6 Å². The van der Waals surface area contributed by atoms with Crippen molar-refractivity contribution < 1.29 is 9.53 Å². The van der Waals surface area contributed by atoms with Crippen molar-refractivity contribution in [2.45, 2.75) is 13.0 Å². The summed E-state index contributed by atoms with van der Waals surface area (Å²) in [6, 6.07) is 9.25. The second-order valence-corrected chi connectivity index (χ2v) is 3.97. The van der Waals surface area contributed by atoms with Crippen molar-refractivity contribution in [2.24, 2.45) is 0 Å². The van der Waals surface area contributed by atoms with Crippen LogP contribution in [0.2, 0.25) is 0 Å². The van der Waals surface area contributed by atoms with Crippen LogP contribution in [0.3, 0.4) is 0 Å². The minimum atomic E-state index is -0.416. The number of hydrogen-bond donors (Lipinski definition) is 1. The van der Waals surface area contributed by atoms with Crippen LogP contribution in [-0.2, 0) is 4.74 Å². The van der Waals surface area contributed by atoms with Crippen LogP contribution in [-0.4, -0.2) is 37.7 Å². The summed E-state index contributed by atoms with van der Waals surface area (Å²) in [7, 11) is 3.88. The highest BCUT2D eigenvalue weighted by atomic mass is 16.6. The first-order chi connectivity index (χ1) is 7.58. The normalized spacial score (nSPS) is 12.2. The highest BCUT2D eigenvalue weighted by Crippen LogP contribution is 2.06. The molecule has 0 aliphatic carbocycles. The average Bonchev–Trinajstić information content (AvgIpc) is 2.17. The van der Waals surface area contributed by atoms with E-state index in [1.54, 1.807) is 0 Å². The minimum absolute atomic E-state index is 0.126. The average molecular weight is 222 g/mol. The Morgan fingerprint density at radius 1 is 1.38 bits per heavy atom. The van der Waals surface area contributed by atoms with Crippen LogP contribution in [0.4, 0.5) is 10.5 Å². The first-order valence-corrected chi connectivity index (χ1v) is 5.25. The summed E-state index contributed by atoms with van der Waals surface area (Å²) in [5.41, 5.74) is 0.740. The summed E-state index contributed by atoms with van der Waals surface area (Å²) in [5, 5.41) is 2.67. The van der Waals surface area contributed by atoms with Crippen LogP contribution in [0, 0.1) is 0 Å². The predicted molar refractivity (Wildman–Crippen MR) is 64.6 cm³/mol. The maximum Gasteiger partial charge on any atom is 0.411 e. The second-order valence-electron chi connectivity index (χ2n) is 3.97. The maximum absolute atomic E-state index is 11.5. The number of anilines is 1. The molecule has 1 aromatic rings. The summed E-state index contributed by atoms with van der Waals surface area (Å²) in [6.07, 6.45) is -0.542. The number of rotatable bonds is 4. The van der Waals surface area contributed by atoms with Gasteiger partial charge in [-0.2, -0.15) is 0 Å². The molecule has 1 rings (SSSR count). The molecule has 0 bridgehead atoms. The lowest BCUT2D eigenvalue weighted by Crippen LogP contribution is -2.29. The fourth-order valence-electron chi connectivity index (χ4n) is 1.40. The van der Waals surface area contributed by atoms with Gasteiger partial charge in [-0.25, -0.2) is 4.79 Å². The van der Waals surface area contributed by atoms with Gasteiger partial charge in [-0.3, -0.25) is 5.32 Å². The Labute approximate surface area is 96.2 Å². The van der Waals surface area contributed by atoms with E-state index < -0.39 is 6.09 Å². The summed E-state index contributed by atoms with van der Waals surface area (Å²) in [4.78, 5) is 13.4. The zero-order valence-electron chi connectivity index (χ0n) is 9.93. The Morgan fingerprint density at radius 3 is 2.56 bits per heavy atom. The molecule has 88 valence electrons. The summed E-state index contributed by atoms with van der Waals surface area (Å²) < 4.78 is 5.17. The van der Waals surface area contributed by atoms with Crippen molar-refractivity contribution in [3.05, 3.63) is 30.3 Å². The molecular formula is C12H18N2O2. The SMILES string of the molecule is CC(CN(C)C)OC(=O)Nc1ccccc1. The Kier molecular flexibility index (Phi) is 4.79. The zero-order valence-corrected chi connectivity index (χ0v) is 9.93. The molecule has 1 N–H and O–H groups in total. The molecule has 0 aromatic heterocycles. The van der Waals surface area contributed by atoms with E-state index in [9.17, 15) is 4.79 Å². The molecule has 0 fully saturated rings. The number of likely N-dealkylation sites (N-methyl/N-ethyl adjacent to an activating group) is 1. The fourth-order valence-corrected chi connectivity index (χ4v) is 1.40. The van der Waals surface area contributed by atoms with Crippen molar-refractivity contribution in [1.82, 2.24) is 4.90 Å². The third-order valence-corrected chi connectivity index (χ3v) is 1.95. The van der Waals surface area contributed by atoms with Crippen molar-refractivity contribution >= 4 is 11.8 Å². The molecule has 1 aromatic carbocycles. The van der Waals surface area contributed by atoms with Crippen molar-refractivity contribution in [3.63, 3.8) is 0 Å². The number of benzene rings is 1. The molecule has 0 heterocycles. The standard InChI is InChI=1S/C12H18N2O2/c1-10(9-14(2)3)16-12(15)13-11-7-5-4-6-8-11/h4-8,10H,9H2,1-3H3,(H,13,15). The van der Waals surface area contributed by atoms with Crippen molar-refractivity contribution in [3.8, 4) is 0 Å². The van der Waals surface area contributed by atoms with Crippen LogP contribution in [0.1, 0.15) is 6.92 Å². The Balaban J connectivity index is 2.36. The first kappa shape index (κ1) is 12.5. The largest absolute Gasteiger partial charge is 0.445 e. The van der Waals surface area contributed by atoms with E-state index in [2.05, 4.69) is 5.32 Å². The lowest BCUT2D eigenvalue weighted by molar-refractivity contribution is 0.103. The molecule has 1 unspecified atom stereocenters. The number of para-hydroxylation sites is 1. The smallest absolute Gasteiger partial charge is 0.411 e. The molecular weight excluding hydrogens is 204 g/mol. The highest BCUT2D eigenvalue weighted by molar-refractivity contribution is 5.84. The maximum atomic E-state index is 11.5. The molecule has 16 heavy (non-hydrogen) atoms. The summed E-state index contributed by atoms with van der Waals surface area (Å²) >= 11 is 0. The number of amides is 1. The van der Waals surface area contributed by atoms with Gasteiger partial charge in [0.05, 0.1) is 0 Å². The van der Waals surface area contributed by atoms with Gasteiger partial charge in [0.25, 0.3) is 0 Å². The second kappa shape index (κ2) is 6.12. The van der Waals surface area contributed by atoms with Gasteiger partial charge < -0.3 is 9.64 Å². The Bertz CT molecular complexity index is 325. The monoisotopic (exact) mass is 222 g/mol. The van der Waals surface area contributed by atoms with E-state index in [1.807, 2.05) is 56.3 Å². The Hall–Kier alpha value is -1.55. The number of nitrogens with one attached hydrogen (secondary N) is 1. The number of nitrogens with zero attached hydrogens (tertiary/aromatic N) is 1. The third-order valence-electron chi connectivity index (χ3n) is 1.95. The van der Waals surface area contributed by atoms with Crippen LogP contribution >= 0.6 is 0 Å². The van der Waals surface area contributed by atoms with Gasteiger partial charge >= 0.3 is 6.09 Å². The molecule has 0 aliphatic rings. The summed E-state index contributed by atoms with van der Waals surface area (Å²) in [6.45, 7) is 2.58. The zero-order chi connectivity index (χ0) is 12.0.